The minimum Gasteiger partial charge on any atom is -0.493 e. The Balaban J connectivity index is 0.00000133. The molecule has 0 aliphatic carbocycles. The Hall–Kier alpha value is -1.99. The zero-order valence-corrected chi connectivity index (χ0v) is 62.8. The predicted molar refractivity (Wildman–Crippen MR) is 404 cm³/mol. The quantitative estimate of drug-likeness (QED) is 0.0273. The van der Waals surface area contributed by atoms with Crippen molar-refractivity contribution in [3.8, 4) is 0 Å². The maximum atomic E-state index is 11.6. The molecule has 3 heteroatoms. The minimum atomic E-state index is 0. The van der Waals surface area contributed by atoms with E-state index in [1.807, 2.05) is 0 Å². The van der Waals surface area contributed by atoms with Gasteiger partial charge in [-0.05, 0) is 73.9 Å². The Kier molecular flexibility index (Phi) is 68.3. The normalized spacial score (nSPS) is 12.2. The molecule has 3 rings (SSSR count). The molecule has 0 spiro atoms. The third-order valence-electron chi connectivity index (χ3n) is 19.6. The van der Waals surface area contributed by atoms with E-state index in [4.69, 9.17) is 0 Å². The molecule has 0 N–H and O–H groups in total. The van der Waals surface area contributed by atoms with Gasteiger partial charge in [0.2, 0.25) is 11.4 Å². The molecule has 2 aromatic rings. The Morgan fingerprint density at radius 1 is 0.244 bits per heavy atom. The summed E-state index contributed by atoms with van der Waals surface area (Å²) < 4.78 is 1.50. The van der Waals surface area contributed by atoms with E-state index in [1.54, 1.807) is 0 Å². The summed E-state index contributed by atoms with van der Waals surface area (Å²) in [4.78, 5) is 0. The molecular weight excluding hydrogens is 1130 g/mol. The molecule has 1 aliphatic rings. The van der Waals surface area contributed by atoms with Crippen molar-refractivity contribution in [2.45, 2.75) is 446 Å². The number of hydrogen-bond donors (Lipinski definition) is 0. The van der Waals surface area contributed by atoms with Crippen molar-refractivity contribution in [1.82, 2.24) is 0 Å². The first-order valence-electron chi connectivity index (χ1n) is 40.7. The standard InChI is InChI=1S/C33H46N2.2C27H55.Ni/c1-5-9-11-12-13-15-17-31-30(8-4)32(28-22-18-26(7-3)19-23-28)35(34)33(31)29-24-20-27(21-25-29)16-14-10-6-2;2*1-3-5-7-9-11-13-15-17-19-21-23-25-27-26-24-22-20-18-16-14-12-10-8-6-4-2;/h18-25H,5-17H2,1-4H3;2*1,3-27H2,2H3;/q;2*-1;+2. The van der Waals surface area contributed by atoms with Gasteiger partial charge in [-0.15, -0.1) is 0 Å². The first-order valence-corrected chi connectivity index (χ1v) is 40.7. The largest absolute Gasteiger partial charge is 2.00 e. The number of allylic oxidation sites excluding steroid dienone is 2. The second kappa shape index (κ2) is 69.8. The third-order valence-corrected chi connectivity index (χ3v) is 19.6. The smallest absolute Gasteiger partial charge is 0.493 e. The van der Waals surface area contributed by atoms with E-state index in [-0.39, 0.29) is 16.5 Å². The summed E-state index contributed by atoms with van der Waals surface area (Å²) in [6.07, 6.45) is 88.1. The number of nitrogens with zero attached hydrogens (tertiary/aromatic N) is 2. The predicted octanol–water partition coefficient (Wildman–Crippen LogP) is 31.5. The van der Waals surface area contributed by atoms with Crippen LogP contribution in [0.2, 0.25) is 0 Å². The summed E-state index contributed by atoms with van der Waals surface area (Å²) in [5.41, 5.74) is 21.1. The minimum absolute atomic E-state index is 0. The van der Waals surface area contributed by atoms with Gasteiger partial charge >= 0.3 is 16.5 Å². The van der Waals surface area contributed by atoms with Gasteiger partial charge in [-0.1, -0.05) is 419 Å². The number of benzene rings is 2. The van der Waals surface area contributed by atoms with Gasteiger partial charge < -0.3 is 19.4 Å². The molecule has 2 aromatic carbocycles. The fraction of sp³-hybridized carbons (Fsp3) is 0.793. The van der Waals surface area contributed by atoms with Crippen LogP contribution in [0.1, 0.15) is 455 Å². The molecule has 1 heterocycles. The van der Waals surface area contributed by atoms with Gasteiger partial charge in [0, 0.05) is 22.3 Å². The molecule has 0 unspecified atom stereocenters. The van der Waals surface area contributed by atoms with Crippen LogP contribution in [0.25, 0.3) is 16.9 Å². The van der Waals surface area contributed by atoms with E-state index in [2.05, 4.69) is 104 Å². The second-order valence-electron chi connectivity index (χ2n) is 28.0. The Morgan fingerprint density at radius 2 is 0.456 bits per heavy atom. The topological polar surface area (TPSA) is 25.3 Å². The van der Waals surface area contributed by atoms with Gasteiger partial charge in [-0.2, -0.15) is 12.8 Å². The molecule has 0 radical (unpaired) electrons. The molecule has 0 saturated heterocycles. The molecule has 90 heavy (non-hydrogen) atoms. The SMILES string of the molecule is CCCCCCCCC1=C(c2ccc(CCCCC)cc2)[N+](=[N-])C(c2ccc(CC)cc2)=C1CC.[CH2-]CCCCCCCCCCCCCCCCCCCCCCCCCC.[CH2-]CCCCCCCCCCCCCCCCCCCCCCCCCC.[Ni+2]. The molecule has 0 bridgehead atoms. The third kappa shape index (κ3) is 50.4. The van der Waals surface area contributed by atoms with Gasteiger partial charge in [0.15, 0.2) is 0 Å². The molecule has 0 atom stereocenters. The van der Waals surface area contributed by atoms with Crippen molar-refractivity contribution in [2.75, 3.05) is 0 Å². The van der Waals surface area contributed by atoms with Gasteiger partial charge in [0.05, 0.1) is 0 Å². The molecule has 0 fully saturated rings. The summed E-state index contributed by atoms with van der Waals surface area (Å²) in [5.74, 6) is 0. The van der Waals surface area contributed by atoms with Crippen molar-refractivity contribution >= 4 is 11.4 Å². The molecule has 0 amide bonds. The fourth-order valence-corrected chi connectivity index (χ4v) is 13.6. The van der Waals surface area contributed by atoms with Crippen LogP contribution in [-0.4, -0.2) is 4.70 Å². The second-order valence-corrected chi connectivity index (χ2v) is 28.0. The number of hydrogen-bond acceptors (Lipinski definition) is 0. The first kappa shape index (κ1) is 88.0. The van der Waals surface area contributed by atoms with Crippen LogP contribution >= 0.6 is 0 Å². The molecule has 1 aliphatic heterocycles. The van der Waals surface area contributed by atoms with Crippen LogP contribution in [-0.2, 0) is 29.3 Å². The van der Waals surface area contributed by atoms with Crippen molar-refractivity contribution in [2.24, 2.45) is 0 Å². The summed E-state index contributed by atoms with van der Waals surface area (Å²) in [7, 11) is 0. The van der Waals surface area contributed by atoms with Crippen LogP contribution in [0.3, 0.4) is 0 Å². The Morgan fingerprint density at radius 3 is 0.700 bits per heavy atom. The van der Waals surface area contributed by atoms with Gasteiger partial charge in [-0.25, -0.2) is 4.70 Å². The van der Waals surface area contributed by atoms with Gasteiger partial charge in [0.1, 0.15) is 0 Å². The summed E-state index contributed by atoms with van der Waals surface area (Å²) in [6, 6.07) is 17.7. The molecule has 0 saturated carbocycles. The first-order chi connectivity index (χ1) is 44.0. The fourth-order valence-electron chi connectivity index (χ4n) is 13.6. The summed E-state index contributed by atoms with van der Waals surface area (Å²) in [6.45, 7) is 21.4. The van der Waals surface area contributed by atoms with Crippen molar-refractivity contribution < 1.29 is 21.2 Å². The van der Waals surface area contributed by atoms with Crippen LogP contribution in [0.5, 0.6) is 0 Å². The van der Waals surface area contributed by atoms with E-state index in [1.165, 1.54) is 393 Å². The van der Waals surface area contributed by atoms with Crippen LogP contribution < -0.4 is 0 Å². The number of unbranched alkanes of at least 4 members (excludes halogenated alkanes) is 55. The average molecular weight is 1290 g/mol. The number of rotatable bonds is 63. The van der Waals surface area contributed by atoms with E-state index < -0.39 is 0 Å². The van der Waals surface area contributed by atoms with Crippen molar-refractivity contribution in [3.05, 3.63) is 101 Å². The Labute approximate surface area is 576 Å². The average Bonchev–Trinajstić information content (AvgIpc) is 1.64. The van der Waals surface area contributed by atoms with Crippen LogP contribution in [0.15, 0.2) is 59.7 Å². The molecule has 2 nitrogen and oxygen atoms in total. The van der Waals surface area contributed by atoms with E-state index in [0.29, 0.717) is 0 Å². The summed E-state index contributed by atoms with van der Waals surface area (Å²) >= 11 is 0. The van der Waals surface area contributed by atoms with Crippen LogP contribution in [0.4, 0.5) is 0 Å². The van der Waals surface area contributed by atoms with Gasteiger partial charge in [0.25, 0.3) is 0 Å². The molecule has 0 aromatic heterocycles. The maximum absolute atomic E-state index is 11.6. The number of aryl methyl sites for hydroxylation is 2. The van der Waals surface area contributed by atoms with E-state index in [0.717, 1.165) is 61.0 Å². The zero-order valence-electron chi connectivity index (χ0n) is 61.8. The Bertz CT molecular complexity index is 1740. The molecular formula is C87H156N2Ni. The van der Waals surface area contributed by atoms with Gasteiger partial charge in [-0.3, -0.25) is 0 Å². The van der Waals surface area contributed by atoms with Crippen LogP contribution in [0, 0.1) is 13.8 Å². The van der Waals surface area contributed by atoms with E-state index in [9.17, 15) is 5.53 Å². The monoisotopic (exact) mass is 1290 g/mol. The summed E-state index contributed by atoms with van der Waals surface area (Å²) in [5, 5.41) is 0. The zero-order chi connectivity index (χ0) is 64.4. The molecule has 524 valence electrons. The van der Waals surface area contributed by atoms with Crippen molar-refractivity contribution in [1.29, 1.82) is 0 Å². The van der Waals surface area contributed by atoms with E-state index >= 15 is 0 Å². The maximum Gasteiger partial charge on any atom is 2.00 e. The van der Waals surface area contributed by atoms with Crippen molar-refractivity contribution in [3.63, 3.8) is 0 Å².